The van der Waals surface area contributed by atoms with Crippen LogP contribution >= 0.6 is 34.3 Å². The maximum Gasteiger partial charge on any atom is 0.270 e. The Morgan fingerprint density at radius 1 is 0.757 bits per heavy atom. The number of halogens is 1. The van der Waals surface area contributed by atoms with E-state index in [0.717, 1.165) is 25.7 Å². The molecule has 0 aliphatic carbocycles. The molecule has 6 rings (SSSR count). The van der Waals surface area contributed by atoms with Gasteiger partial charge < -0.3 is 0 Å². The molecule has 0 aliphatic heterocycles. The highest BCUT2D eigenvalue weighted by atomic mass is 35.5. The molecule has 2 heterocycles. The van der Waals surface area contributed by atoms with E-state index in [1.54, 1.807) is 72.0 Å². The van der Waals surface area contributed by atoms with E-state index >= 15 is 0 Å². The third kappa shape index (κ3) is 4.65. The number of sulfonamides is 1. The summed E-state index contributed by atoms with van der Waals surface area (Å²) in [7, 11) is -3.97. The van der Waals surface area contributed by atoms with Crippen molar-refractivity contribution < 1.29 is 8.42 Å². The average Bonchev–Trinajstić information content (AvgIpc) is 3.57. The third-order valence-corrected chi connectivity index (χ3v) is 9.91. The molecule has 0 saturated heterocycles. The van der Waals surface area contributed by atoms with E-state index in [1.165, 1.54) is 15.6 Å². The van der Waals surface area contributed by atoms with Crippen LogP contribution in [0.2, 0.25) is 5.02 Å². The fraction of sp³-hybridized carbons (Fsp3) is 0. The molecule has 0 fully saturated rings. The minimum Gasteiger partial charge on any atom is -0.244 e. The molecular formula is C28H18ClN3O2S3. The van der Waals surface area contributed by atoms with Gasteiger partial charge in [-0.3, -0.25) is 0 Å². The normalized spacial score (nSPS) is 11.6. The van der Waals surface area contributed by atoms with Crippen LogP contribution in [0.25, 0.3) is 31.2 Å². The highest BCUT2D eigenvalue weighted by Crippen LogP contribution is 2.39. The molecule has 4 aromatic carbocycles. The summed E-state index contributed by atoms with van der Waals surface area (Å²) in [5, 5.41) is 1.72. The largest absolute Gasteiger partial charge is 0.270 e. The van der Waals surface area contributed by atoms with Crippen molar-refractivity contribution in [1.82, 2.24) is 9.97 Å². The van der Waals surface area contributed by atoms with Gasteiger partial charge in [0.05, 0.1) is 25.7 Å². The Labute approximate surface area is 227 Å². The van der Waals surface area contributed by atoms with Crippen molar-refractivity contribution in [2.75, 3.05) is 4.31 Å². The Morgan fingerprint density at radius 2 is 1.46 bits per heavy atom. The fourth-order valence-electron chi connectivity index (χ4n) is 3.91. The zero-order chi connectivity index (χ0) is 25.4. The van der Waals surface area contributed by atoms with Crippen LogP contribution in [-0.2, 0) is 10.0 Å². The van der Waals surface area contributed by atoms with Crippen molar-refractivity contribution >= 4 is 65.3 Å². The number of benzene rings is 4. The van der Waals surface area contributed by atoms with E-state index < -0.39 is 10.0 Å². The van der Waals surface area contributed by atoms with Gasteiger partial charge in [-0.05, 0) is 48.0 Å². The number of anilines is 2. The number of nitrogens with zero attached hydrogens (tertiary/aromatic N) is 3. The van der Waals surface area contributed by atoms with Gasteiger partial charge in [-0.2, -0.15) is 0 Å². The van der Waals surface area contributed by atoms with Crippen molar-refractivity contribution in [2.45, 2.75) is 4.90 Å². The lowest BCUT2D eigenvalue weighted by Gasteiger charge is -2.21. The maximum absolute atomic E-state index is 14.0. The van der Waals surface area contributed by atoms with Crippen molar-refractivity contribution in [1.29, 1.82) is 0 Å². The van der Waals surface area contributed by atoms with Crippen molar-refractivity contribution in [2.24, 2.45) is 0 Å². The summed E-state index contributed by atoms with van der Waals surface area (Å²) in [5.74, 6) is 0. The second-order valence-corrected chi connectivity index (χ2v) is 12.4. The first kappa shape index (κ1) is 23.8. The van der Waals surface area contributed by atoms with E-state index in [1.807, 2.05) is 48.7 Å². The number of thiazole rings is 2. The molecule has 0 spiro atoms. The molecule has 0 aliphatic rings. The van der Waals surface area contributed by atoms with E-state index in [-0.39, 0.29) is 4.90 Å². The predicted octanol–water partition coefficient (Wildman–Crippen LogP) is 8.27. The smallest absolute Gasteiger partial charge is 0.244 e. The molecule has 0 amide bonds. The van der Waals surface area contributed by atoms with Crippen molar-refractivity contribution in [3.8, 4) is 21.0 Å². The average molecular weight is 560 g/mol. The van der Waals surface area contributed by atoms with Crippen LogP contribution in [0.3, 0.4) is 0 Å². The van der Waals surface area contributed by atoms with Gasteiger partial charge in [-0.15, -0.1) is 11.3 Å². The molecule has 5 nitrogen and oxygen atoms in total. The van der Waals surface area contributed by atoms with Crippen LogP contribution in [-0.4, -0.2) is 18.4 Å². The maximum atomic E-state index is 14.0. The first-order valence-electron chi connectivity index (χ1n) is 11.3. The minimum absolute atomic E-state index is 0.164. The lowest BCUT2D eigenvalue weighted by Crippen LogP contribution is -2.26. The standard InChI is InChI=1S/C28H18ClN3O2S3/c29-21-13-16-25-24(17-21)31-28(36-25)32(22-9-5-2-6-10-22)37(33,34)23-14-11-20(12-15-23)27-30-18-26(35-27)19-7-3-1-4-8-19/h1-18H. The van der Waals surface area contributed by atoms with Gasteiger partial charge in [0.25, 0.3) is 10.0 Å². The van der Waals surface area contributed by atoms with E-state index in [2.05, 4.69) is 9.97 Å². The first-order valence-corrected chi connectivity index (χ1v) is 14.7. The van der Waals surface area contributed by atoms with Gasteiger partial charge in [0, 0.05) is 16.8 Å². The van der Waals surface area contributed by atoms with Gasteiger partial charge in [-0.1, -0.05) is 83.6 Å². The Hall–Kier alpha value is -3.56. The van der Waals surface area contributed by atoms with E-state index in [9.17, 15) is 8.42 Å². The van der Waals surface area contributed by atoms with Crippen LogP contribution in [0, 0.1) is 0 Å². The molecule has 0 radical (unpaired) electrons. The number of hydrogen-bond donors (Lipinski definition) is 0. The number of para-hydroxylation sites is 1. The molecule has 9 heteroatoms. The van der Waals surface area contributed by atoms with Gasteiger partial charge >= 0.3 is 0 Å². The minimum atomic E-state index is -3.97. The lowest BCUT2D eigenvalue weighted by molar-refractivity contribution is 0.596. The summed E-state index contributed by atoms with van der Waals surface area (Å²) in [4.78, 5) is 10.4. The lowest BCUT2D eigenvalue weighted by atomic mass is 10.2. The number of hydrogen-bond acceptors (Lipinski definition) is 6. The van der Waals surface area contributed by atoms with Gasteiger partial charge in [0.2, 0.25) is 5.13 Å². The molecule has 37 heavy (non-hydrogen) atoms. The Kier molecular flexibility index (Phi) is 6.26. The summed E-state index contributed by atoms with van der Waals surface area (Å²) in [6, 6.07) is 31.2. The highest BCUT2D eigenvalue weighted by molar-refractivity contribution is 7.93. The SMILES string of the molecule is O=S(=O)(c1ccc(-c2ncc(-c3ccccc3)s2)cc1)N(c1ccccc1)c1nc2cc(Cl)ccc2s1. The summed E-state index contributed by atoms with van der Waals surface area (Å²) < 4.78 is 30.1. The second kappa shape index (κ2) is 9.72. The summed E-state index contributed by atoms with van der Waals surface area (Å²) in [6.07, 6.45) is 1.84. The molecule has 2 aromatic heterocycles. The van der Waals surface area contributed by atoms with Crippen LogP contribution in [0.4, 0.5) is 10.8 Å². The Morgan fingerprint density at radius 3 is 2.19 bits per heavy atom. The van der Waals surface area contributed by atoms with Crippen LogP contribution in [0.15, 0.2) is 114 Å². The number of aromatic nitrogens is 2. The van der Waals surface area contributed by atoms with E-state index in [4.69, 9.17) is 11.6 Å². The van der Waals surface area contributed by atoms with Gasteiger partial charge in [0.1, 0.15) is 5.01 Å². The Bertz CT molecular complexity index is 1800. The molecule has 0 atom stereocenters. The third-order valence-electron chi connectivity index (χ3n) is 5.71. The van der Waals surface area contributed by atoms with Crippen LogP contribution in [0.1, 0.15) is 0 Å². The summed E-state index contributed by atoms with van der Waals surface area (Å²) in [5.41, 5.74) is 3.11. The van der Waals surface area contributed by atoms with Gasteiger partial charge in [0.15, 0.2) is 0 Å². The van der Waals surface area contributed by atoms with Crippen LogP contribution in [0.5, 0.6) is 0 Å². The van der Waals surface area contributed by atoms with Crippen LogP contribution < -0.4 is 4.31 Å². The zero-order valence-electron chi connectivity index (χ0n) is 19.2. The molecule has 0 unspecified atom stereocenters. The van der Waals surface area contributed by atoms with Crippen molar-refractivity contribution in [3.63, 3.8) is 0 Å². The molecule has 182 valence electrons. The number of fused-ring (bicyclic) bond motifs is 1. The zero-order valence-corrected chi connectivity index (χ0v) is 22.4. The predicted molar refractivity (Wildman–Crippen MR) is 153 cm³/mol. The quantitative estimate of drug-likeness (QED) is 0.206. The Balaban J connectivity index is 1.38. The second-order valence-electron chi connectivity index (χ2n) is 8.13. The monoisotopic (exact) mass is 559 g/mol. The first-order chi connectivity index (χ1) is 18.0. The summed E-state index contributed by atoms with van der Waals surface area (Å²) >= 11 is 9.01. The molecule has 6 aromatic rings. The molecule has 0 N–H and O–H groups in total. The summed E-state index contributed by atoms with van der Waals surface area (Å²) in [6.45, 7) is 0. The van der Waals surface area contributed by atoms with E-state index in [0.29, 0.717) is 21.4 Å². The van der Waals surface area contributed by atoms with Crippen molar-refractivity contribution in [3.05, 3.63) is 114 Å². The van der Waals surface area contributed by atoms with Gasteiger partial charge in [-0.25, -0.2) is 22.7 Å². The fourth-order valence-corrected chi connectivity index (χ4v) is 7.62. The number of rotatable bonds is 6. The molecule has 0 saturated carbocycles. The highest BCUT2D eigenvalue weighted by Gasteiger charge is 2.29. The topological polar surface area (TPSA) is 63.2 Å². The molecular weight excluding hydrogens is 542 g/mol. The molecule has 0 bridgehead atoms.